The maximum Gasteiger partial charge on any atom is 0.325 e. The van der Waals surface area contributed by atoms with Gasteiger partial charge in [-0.3, -0.25) is 4.79 Å². The van der Waals surface area contributed by atoms with Crippen molar-refractivity contribution in [2.45, 2.75) is 20.8 Å². The molecule has 6 heteroatoms. The lowest BCUT2D eigenvalue weighted by molar-refractivity contribution is -0.140. The number of carbonyl (C=O) groups excluding carboxylic acids is 1. The molecule has 0 radical (unpaired) electrons. The summed E-state index contributed by atoms with van der Waals surface area (Å²) in [4.78, 5) is 15.4. The number of anilines is 2. The SMILES string of the molecule is CCOC(=O)CNc1ccc(N)c(OCC(C)C)n1. The summed E-state index contributed by atoms with van der Waals surface area (Å²) >= 11 is 0. The van der Waals surface area contributed by atoms with E-state index in [0.717, 1.165) is 0 Å². The van der Waals surface area contributed by atoms with E-state index >= 15 is 0 Å². The van der Waals surface area contributed by atoms with Gasteiger partial charge < -0.3 is 20.5 Å². The number of pyridine rings is 1. The van der Waals surface area contributed by atoms with E-state index in [2.05, 4.69) is 10.3 Å². The molecule has 1 aromatic heterocycles. The summed E-state index contributed by atoms with van der Waals surface area (Å²) < 4.78 is 10.3. The van der Waals surface area contributed by atoms with E-state index < -0.39 is 0 Å². The molecule has 1 rings (SSSR count). The predicted octanol–water partition coefficient (Wildman–Crippen LogP) is 1.67. The first-order valence-electron chi connectivity index (χ1n) is 6.31. The van der Waals surface area contributed by atoms with Gasteiger partial charge in [0.1, 0.15) is 12.4 Å². The molecule has 1 heterocycles. The van der Waals surface area contributed by atoms with Crippen LogP contribution in [0.25, 0.3) is 0 Å². The van der Waals surface area contributed by atoms with Crippen molar-refractivity contribution in [2.75, 3.05) is 30.8 Å². The second kappa shape index (κ2) is 7.45. The van der Waals surface area contributed by atoms with Crippen molar-refractivity contribution in [3.8, 4) is 5.88 Å². The molecule has 106 valence electrons. The van der Waals surface area contributed by atoms with Crippen LogP contribution < -0.4 is 15.8 Å². The van der Waals surface area contributed by atoms with Gasteiger partial charge in [0.05, 0.1) is 18.9 Å². The third kappa shape index (κ3) is 5.46. The first kappa shape index (κ1) is 15.1. The Morgan fingerprint density at radius 3 is 2.84 bits per heavy atom. The lowest BCUT2D eigenvalue weighted by atomic mass is 10.2. The lowest BCUT2D eigenvalue weighted by Crippen LogP contribution is -2.17. The molecule has 3 N–H and O–H groups in total. The fourth-order valence-corrected chi connectivity index (χ4v) is 1.29. The normalized spacial score (nSPS) is 10.3. The summed E-state index contributed by atoms with van der Waals surface area (Å²) in [6.07, 6.45) is 0. The van der Waals surface area contributed by atoms with E-state index in [1.54, 1.807) is 19.1 Å². The number of nitrogen functional groups attached to an aromatic ring is 1. The second-order valence-corrected chi connectivity index (χ2v) is 4.45. The fraction of sp³-hybridized carbons (Fsp3) is 0.538. The average Bonchev–Trinajstić information content (AvgIpc) is 2.36. The quantitative estimate of drug-likeness (QED) is 0.731. The highest BCUT2D eigenvalue weighted by Crippen LogP contribution is 2.21. The molecule has 6 nitrogen and oxygen atoms in total. The highest BCUT2D eigenvalue weighted by Gasteiger charge is 2.07. The Morgan fingerprint density at radius 2 is 2.21 bits per heavy atom. The first-order valence-corrected chi connectivity index (χ1v) is 6.31. The van der Waals surface area contributed by atoms with Crippen molar-refractivity contribution < 1.29 is 14.3 Å². The van der Waals surface area contributed by atoms with Crippen LogP contribution in [0.15, 0.2) is 12.1 Å². The van der Waals surface area contributed by atoms with Crippen LogP contribution in [0.4, 0.5) is 11.5 Å². The zero-order valence-electron chi connectivity index (χ0n) is 11.6. The topological polar surface area (TPSA) is 86.5 Å². The minimum Gasteiger partial charge on any atom is -0.476 e. The van der Waals surface area contributed by atoms with Crippen molar-refractivity contribution in [3.63, 3.8) is 0 Å². The Kier molecular flexibility index (Phi) is 5.92. The molecule has 0 aliphatic carbocycles. The van der Waals surface area contributed by atoms with Crippen LogP contribution in [0.5, 0.6) is 5.88 Å². The van der Waals surface area contributed by atoms with E-state index in [9.17, 15) is 4.79 Å². The summed E-state index contributed by atoms with van der Waals surface area (Å²) in [6.45, 7) is 6.81. The predicted molar refractivity (Wildman–Crippen MR) is 74.1 cm³/mol. The molecule has 0 aromatic carbocycles. The molecular formula is C13H21N3O3. The molecule has 0 aliphatic heterocycles. The highest BCUT2D eigenvalue weighted by atomic mass is 16.5. The molecule has 19 heavy (non-hydrogen) atoms. The Balaban J connectivity index is 2.60. The molecule has 0 aliphatic rings. The number of hydrogen-bond donors (Lipinski definition) is 2. The lowest BCUT2D eigenvalue weighted by Gasteiger charge is -2.12. The molecule has 0 atom stereocenters. The van der Waals surface area contributed by atoms with Gasteiger partial charge in [-0.05, 0) is 25.0 Å². The number of nitrogens with one attached hydrogen (secondary N) is 1. The number of ether oxygens (including phenoxy) is 2. The van der Waals surface area contributed by atoms with Gasteiger partial charge >= 0.3 is 5.97 Å². The third-order valence-electron chi connectivity index (χ3n) is 2.16. The first-order chi connectivity index (χ1) is 9.02. The number of nitrogens with two attached hydrogens (primary N) is 1. The zero-order chi connectivity index (χ0) is 14.3. The van der Waals surface area contributed by atoms with Gasteiger partial charge in [0.2, 0.25) is 5.88 Å². The van der Waals surface area contributed by atoms with Crippen LogP contribution in [-0.4, -0.2) is 30.7 Å². The number of rotatable bonds is 7. The molecule has 0 spiro atoms. The molecule has 0 amide bonds. The van der Waals surface area contributed by atoms with Crippen molar-refractivity contribution in [3.05, 3.63) is 12.1 Å². The van der Waals surface area contributed by atoms with E-state index in [1.165, 1.54) is 0 Å². The van der Waals surface area contributed by atoms with E-state index in [1.807, 2.05) is 13.8 Å². The maximum absolute atomic E-state index is 11.2. The Morgan fingerprint density at radius 1 is 1.47 bits per heavy atom. The number of carbonyl (C=O) groups is 1. The number of esters is 1. The smallest absolute Gasteiger partial charge is 0.325 e. The van der Waals surface area contributed by atoms with Crippen molar-refractivity contribution in [1.29, 1.82) is 0 Å². The van der Waals surface area contributed by atoms with Crippen molar-refractivity contribution >= 4 is 17.5 Å². The van der Waals surface area contributed by atoms with Gasteiger partial charge in [0.25, 0.3) is 0 Å². The monoisotopic (exact) mass is 267 g/mol. The highest BCUT2D eigenvalue weighted by molar-refractivity contribution is 5.74. The maximum atomic E-state index is 11.2. The number of aromatic nitrogens is 1. The van der Waals surface area contributed by atoms with Gasteiger partial charge in [-0.25, -0.2) is 0 Å². The van der Waals surface area contributed by atoms with Crippen LogP contribution in [0.3, 0.4) is 0 Å². The van der Waals surface area contributed by atoms with Gasteiger partial charge in [-0.15, -0.1) is 0 Å². The molecular weight excluding hydrogens is 246 g/mol. The largest absolute Gasteiger partial charge is 0.476 e. The van der Waals surface area contributed by atoms with Crippen LogP contribution in [0.1, 0.15) is 20.8 Å². The zero-order valence-corrected chi connectivity index (χ0v) is 11.6. The van der Waals surface area contributed by atoms with Gasteiger partial charge in [0.15, 0.2) is 0 Å². The summed E-state index contributed by atoms with van der Waals surface area (Å²) in [6, 6.07) is 3.38. The van der Waals surface area contributed by atoms with Gasteiger partial charge in [-0.2, -0.15) is 4.98 Å². The van der Waals surface area contributed by atoms with Gasteiger partial charge in [0, 0.05) is 0 Å². The van der Waals surface area contributed by atoms with Crippen molar-refractivity contribution in [2.24, 2.45) is 5.92 Å². The average molecular weight is 267 g/mol. The molecule has 0 saturated heterocycles. The standard InChI is InChI=1S/C13H21N3O3/c1-4-18-12(17)7-15-11-6-5-10(14)13(16-11)19-8-9(2)3/h5-6,9H,4,7-8,14H2,1-3H3,(H,15,16). The molecule has 0 bridgehead atoms. The molecule has 0 fully saturated rings. The second-order valence-electron chi connectivity index (χ2n) is 4.45. The minimum absolute atomic E-state index is 0.0639. The Bertz CT molecular complexity index is 422. The molecule has 0 unspecified atom stereocenters. The van der Waals surface area contributed by atoms with Crippen molar-refractivity contribution in [1.82, 2.24) is 4.98 Å². The van der Waals surface area contributed by atoms with E-state index in [0.29, 0.717) is 36.5 Å². The van der Waals surface area contributed by atoms with Crippen LogP contribution in [0, 0.1) is 5.92 Å². The Labute approximate surface area is 113 Å². The number of hydrogen-bond acceptors (Lipinski definition) is 6. The third-order valence-corrected chi connectivity index (χ3v) is 2.16. The number of nitrogens with zero attached hydrogens (tertiary/aromatic N) is 1. The summed E-state index contributed by atoms with van der Waals surface area (Å²) in [5.74, 6) is 0.965. The Hall–Kier alpha value is -1.98. The van der Waals surface area contributed by atoms with E-state index in [4.69, 9.17) is 15.2 Å². The summed E-state index contributed by atoms with van der Waals surface area (Å²) in [7, 11) is 0. The summed E-state index contributed by atoms with van der Waals surface area (Å²) in [5, 5.41) is 2.86. The van der Waals surface area contributed by atoms with Crippen LogP contribution in [-0.2, 0) is 9.53 Å². The molecule has 0 saturated carbocycles. The van der Waals surface area contributed by atoms with E-state index in [-0.39, 0.29) is 12.5 Å². The summed E-state index contributed by atoms with van der Waals surface area (Å²) in [5.41, 5.74) is 6.25. The van der Waals surface area contributed by atoms with Gasteiger partial charge in [-0.1, -0.05) is 13.8 Å². The molecule has 1 aromatic rings. The van der Waals surface area contributed by atoms with Crippen LogP contribution >= 0.6 is 0 Å². The fourth-order valence-electron chi connectivity index (χ4n) is 1.29. The minimum atomic E-state index is -0.328. The van der Waals surface area contributed by atoms with Crippen LogP contribution in [0.2, 0.25) is 0 Å².